The van der Waals surface area contributed by atoms with Crippen LogP contribution in [0.5, 0.6) is 0 Å². The molecule has 0 aromatic carbocycles. The van der Waals surface area contributed by atoms with Crippen LogP contribution in [0.1, 0.15) is 46.0 Å². The zero-order valence-corrected chi connectivity index (χ0v) is 13.0. The molecule has 2 heterocycles. The molecule has 2 aliphatic heterocycles. The summed E-state index contributed by atoms with van der Waals surface area (Å²) < 4.78 is 0. The van der Waals surface area contributed by atoms with Crippen LogP contribution in [-0.2, 0) is 4.79 Å². The summed E-state index contributed by atoms with van der Waals surface area (Å²) in [4.78, 5) is 14.6. The fourth-order valence-corrected chi connectivity index (χ4v) is 3.83. The maximum atomic E-state index is 12.4. The molecule has 1 N–H and O–H groups in total. The van der Waals surface area contributed by atoms with Gasteiger partial charge < -0.3 is 10.2 Å². The number of nitrogens with one attached hydrogen (secondary N) is 1. The number of piperidine rings is 1. The molecule has 110 valence electrons. The Hall–Kier alpha value is -0.280. The first-order valence-electron chi connectivity index (χ1n) is 7.58. The summed E-state index contributed by atoms with van der Waals surface area (Å²) in [6.07, 6.45) is 5.99. The van der Waals surface area contributed by atoms with E-state index in [-0.39, 0.29) is 12.4 Å². The van der Waals surface area contributed by atoms with Crippen LogP contribution in [-0.4, -0.2) is 37.0 Å². The van der Waals surface area contributed by atoms with E-state index in [1.54, 1.807) is 0 Å². The van der Waals surface area contributed by atoms with Gasteiger partial charge in [-0.3, -0.25) is 4.79 Å². The number of hydrogen-bond acceptors (Lipinski definition) is 2. The molecule has 2 unspecified atom stereocenters. The standard InChI is InChI=1S/C15H26N2O.ClH/c1-3-14(2)10-12(14)13(18)17-8-5-15(6-9-17)4-7-16-11-15;/h12,16H,3-11H2,1-2H3;1H. The summed E-state index contributed by atoms with van der Waals surface area (Å²) in [6.45, 7) is 8.81. The van der Waals surface area contributed by atoms with Gasteiger partial charge in [-0.05, 0) is 49.5 Å². The topological polar surface area (TPSA) is 32.3 Å². The van der Waals surface area contributed by atoms with Gasteiger partial charge in [0.15, 0.2) is 0 Å². The van der Waals surface area contributed by atoms with E-state index in [1.807, 2.05) is 0 Å². The van der Waals surface area contributed by atoms with E-state index in [1.165, 1.54) is 32.4 Å². The first-order valence-corrected chi connectivity index (χ1v) is 7.58. The molecule has 2 saturated heterocycles. The van der Waals surface area contributed by atoms with E-state index < -0.39 is 0 Å². The van der Waals surface area contributed by atoms with E-state index in [0.29, 0.717) is 22.7 Å². The molecule has 0 aromatic rings. The summed E-state index contributed by atoms with van der Waals surface area (Å²) >= 11 is 0. The Labute approximate surface area is 122 Å². The number of halogens is 1. The van der Waals surface area contributed by atoms with Crippen molar-refractivity contribution in [1.82, 2.24) is 10.2 Å². The van der Waals surface area contributed by atoms with Gasteiger partial charge in [-0.15, -0.1) is 12.4 Å². The Morgan fingerprint density at radius 3 is 2.47 bits per heavy atom. The second kappa shape index (κ2) is 5.25. The minimum absolute atomic E-state index is 0. The third-order valence-corrected chi connectivity index (χ3v) is 5.93. The Kier molecular flexibility index (Phi) is 4.18. The van der Waals surface area contributed by atoms with Gasteiger partial charge in [-0.1, -0.05) is 13.8 Å². The molecule has 0 aromatic heterocycles. The molecule has 3 fully saturated rings. The monoisotopic (exact) mass is 286 g/mol. The van der Waals surface area contributed by atoms with Gasteiger partial charge in [0, 0.05) is 25.6 Å². The lowest BCUT2D eigenvalue weighted by molar-refractivity contribution is -0.135. The number of hydrogen-bond donors (Lipinski definition) is 1. The summed E-state index contributed by atoms with van der Waals surface area (Å²) in [6, 6.07) is 0. The SMILES string of the molecule is CCC1(C)CC1C(=O)N1CCC2(CCNC2)CC1.Cl. The Balaban J connectivity index is 0.00000133. The molecule has 0 bridgehead atoms. The largest absolute Gasteiger partial charge is 0.342 e. The molecule has 2 atom stereocenters. The van der Waals surface area contributed by atoms with Crippen LogP contribution in [0.3, 0.4) is 0 Å². The minimum Gasteiger partial charge on any atom is -0.342 e. The van der Waals surface area contributed by atoms with Gasteiger partial charge in [0.05, 0.1) is 0 Å². The zero-order chi connectivity index (χ0) is 12.8. The van der Waals surface area contributed by atoms with Crippen molar-refractivity contribution in [2.45, 2.75) is 46.0 Å². The van der Waals surface area contributed by atoms with Crippen molar-refractivity contribution in [3.05, 3.63) is 0 Å². The average molecular weight is 287 g/mol. The van der Waals surface area contributed by atoms with E-state index in [9.17, 15) is 4.79 Å². The smallest absolute Gasteiger partial charge is 0.226 e. The molecule has 3 rings (SSSR count). The molecule has 3 aliphatic rings. The average Bonchev–Trinajstić information content (AvgIpc) is 2.88. The molecular formula is C15H27ClN2O. The number of nitrogens with zero attached hydrogens (tertiary/aromatic N) is 1. The second-order valence-electron chi connectivity index (χ2n) is 7.02. The summed E-state index contributed by atoms with van der Waals surface area (Å²) in [5, 5.41) is 3.48. The van der Waals surface area contributed by atoms with E-state index in [2.05, 4.69) is 24.1 Å². The molecule has 1 aliphatic carbocycles. The van der Waals surface area contributed by atoms with Crippen molar-refractivity contribution >= 4 is 18.3 Å². The highest BCUT2D eigenvalue weighted by Crippen LogP contribution is 2.55. The minimum atomic E-state index is 0. The van der Waals surface area contributed by atoms with Crippen LogP contribution >= 0.6 is 12.4 Å². The fraction of sp³-hybridized carbons (Fsp3) is 0.933. The van der Waals surface area contributed by atoms with Crippen LogP contribution in [0.2, 0.25) is 0 Å². The van der Waals surface area contributed by atoms with Crippen molar-refractivity contribution in [2.24, 2.45) is 16.7 Å². The lowest BCUT2D eigenvalue weighted by Crippen LogP contribution is -2.45. The first kappa shape index (κ1) is 15.1. The van der Waals surface area contributed by atoms with Crippen molar-refractivity contribution < 1.29 is 4.79 Å². The van der Waals surface area contributed by atoms with Gasteiger partial charge in [0.2, 0.25) is 5.91 Å². The number of likely N-dealkylation sites (tertiary alicyclic amines) is 1. The van der Waals surface area contributed by atoms with Crippen molar-refractivity contribution in [1.29, 1.82) is 0 Å². The lowest BCUT2D eigenvalue weighted by Gasteiger charge is -2.39. The van der Waals surface area contributed by atoms with Crippen LogP contribution < -0.4 is 5.32 Å². The summed E-state index contributed by atoms with van der Waals surface area (Å²) in [5.74, 6) is 0.776. The molecule has 4 heteroatoms. The number of carbonyl (C=O) groups excluding carboxylic acids is 1. The molecule has 19 heavy (non-hydrogen) atoms. The van der Waals surface area contributed by atoms with Gasteiger partial charge in [0.1, 0.15) is 0 Å². The molecule has 3 nitrogen and oxygen atoms in total. The Bertz CT molecular complexity index is 344. The van der Waals surface area contributed by atoms with E-state index in [0.717, 1.165) is 25.9 Å². The van der Waals surface area contributed by atoms with Crippen molar-refractivity contribution in [3.8, 4) is 0 Å². The molecule has 1 amide bonds. The fourth-order valence-electron chi connectivity index (χ4n) is 3.83. The highest BCUT2D eigenvalue weighted by Gasteiger charge is 2.54. The predicted molar refractivity (Wildman–Crippen MR) is 79.5 cm³/mol. The van der Waals surface area contributed by atoms with Crippen LogP contribution in [0.25, 0.3) is 0 Å². The zero-order valence-electron chi connectivity index (χ0n) is 12.2. The number of carbonyl (C=O) groups is 1. The highest BCUT2D eigenvalue weighted by atomic mass is 35.5. The quantitative estimate of drug-likeness (QED) is 0.846. The molecule has 1 spiro atoms. The van der Waals surface area contributed by atoms with E-state index in [4.69, 9.17) is 0 Å². The van der Waals surface area contributed by atoms with Gasteiger partial charge in [0.25, 0.3) is 0 Å². The van der Waals surface area contributed by atoms with Crippen LogP contribution in [0.4, 0.5) is 0 Å². The van der Waals surface area contributed by atoms with Crippen molar-refractivity contribution in [3.63, 3.8) is 0 Å². The van der Waals surface area contributed by atoms with Gasteiger partial charge in [-0.25, -0.2) is 0 Å². The normalized spacial score (nSPS) is 36.1. The maximum absolute atomic E-state index is 12.4. The van der Waals surface area contributed by atoms with Crippen LogP contribution in [0.15, 0.2) is 0 Å². The molecular weight excluding hydrogens is 260 g/mol. The van der Waals surface area contributed by atoms with Crippen molar-refractivity contribution in [2.75, 3.05) is 26.2 Å². The third-order valence-electron chi connectivity index (χ3n) is 5.93. The van der Waals surface area contributed by atoms with Gasteiger partial charge >= 0.3 is 0 Å². The molecule has 0 radical (unpaired) electrons. The Morgan fingerprint density at radius 1 is 1.32 bits per heavy atom. The maximum Gasteiger partial charge on any atom is 0.226 e. The summed E-state index contributed by atoms with van der Waals surface area (Å²) in [5.41, 5.74) is 0.843. The number of rotatable bonds is 2. The highest BCUT2D eigenvalue weighted by molar-refractivity contribution is 5.85. The first-order chi connectivity index (χ1) is 8.59. The second-order valence-corrected chi connectivity index (χ2v) is 7.02. The molecule has 1 saturated carbocycles. The summed E-state index contributed by atoms with van der Waals surface area (Å²) in [7, 11) is 0. The third kappa shape index (κ3) is 2.64. The lowest BCUT2D eigenvalue weighted by atomic mass is 9.77. The predicted octanol–water partition coefficient (Wildman–Crippen LogP) is 2.45. The number of amides is 1. The Morgan fingerprint density at radius 2 is 2.00 bits per heavy atom. The van der Waals surface area contributed by atoms with Gasteiger partial charge in [-0.2, -0.15) is 0 Å². The van der Waals surface area contributed by atoms with E-state index >= 15 is 0 Å². The van der Waals surface area contributed by atoms with Crippen LogP contribution in [0, 0.1) is 16.7 Å².